The highest BCUT2D eigenvalue weighted by Crippen LogP contribution is 2.21. The minimum Gasteiger partial charge on any atom is -0.391 e. The topological polar surface area (TPSA) is 424 Å². The van der Waals surface area contributed by atoms with Gasteiger partial charge in [-0.1, -0.05) is 53.9 Å². The molecule has 26 nitrogen and oxygen atoms in total. The van der Waals surface area contributed by atoms with E-state index in [0.717, 1.165) is 0 Å². The van der Waals surface area contributed by atoms with E-state index < -0.39 is 138 Å². The lowest BCUT2D eigenvalue weighted by Gasteiger charge is -2.32. The molecule has 0 spiro atoms. The molecule has 0 saturated carbocycles. The number of nitrogens with one attached hydrogen (secondary N) is 8. The first-order chi connectivity index (χ1) is 32.8. The van der Waals surface area contributed by atoms with Crippen molar-refractivity contribution in [3.05, 3.63) is 0 Å². The van der Waals surface area contributed by atoms with Gasteiger partial charge in [-0.25, -0.2) is 0 Å². The molecule has 0 radical (unpaired) electrons. The van der Waals surface area contributed by atoms with E-state index in [-0.39, 0.29) is 57.6 Å². The van der Waals surface area contributed by atoms with E-state index in [1.54, 1.807) is 34.6 Å². The standard InChI is InChI=1S/C44H78N14O12/c1-9-14-27(53-42(69)35(25(7)59)57-41(68)34(23(5)11-3)56-38(65)28(17-18-31(45)61)52-32(62)21-50-26(8)60)37(64)55-33(22(4)10-2)40(67)54-29(15-12-19-49-44(47)48)43(70)58-20-13-16-30(58)39(66)51-24(6)36(46)63/h22-25,27-30,33-35,59H,9-21H2,1-8H3,(H2,45,61)(H2,46,63)(H,50,60)(H,51,66)(H,52,62)(H,53,69)(H,54,67)(H,55,64)(H,56,65)(H,57,68)(H4,47,48,49)/t22-,23+,24+,25+,27-,28-,29-,30-,33-,34+,35-/m0/s1. The zero-order valence-corrected chi connectivity index (χ0v) is 41.7. The minimum absolute atomic E-state index is 0.0277. The first-order valence-corrected chi connectivity index (χ1v) is 23.8. The van der Waals surface area contributed by atoms with Gasteiger partial charge < -0.3 is 75.5 Å². The van der Waals surface area contributed by atoms with Crippen molar-refractivity contribution in [1.82, 2.24) is 47.4 Å². The van der Waals surface area contributed by atoms with Crippen molar-refractivity contribution in [1.29, 1.82) is 0 Å². The smallest absolute Gasteiger partial charge is 0.245 e. The average molecular weight is 995 g/mol. The summed E-state index contributed by atoms with van der Waals surface area (Å²) in [5.74, 6) is -9.62. The number of aliphatic hydroxyl groups excluding tert-OH is 1. The Bertz CT molecular complexity index is 1880. The number of carbonyl (C=O) groups is 11. The molecule has 1 aliphatic heterocycles. The molecule has 17 N–H and O–H groups in total. The van der Waals surface area contributed by atoms with Crippen LogP contribution in [-0.4, -0.2) is 155 Å². The summed E-state index contributed by atoms with van der Waals surface area (Å²) in [7, 11) is 0. The third-order valence-electron chi connectivity index (χ3n) is 11.9. The molecule has 0 aliphatic carbocycles. The van der Waals surface area contributed by atoms with Crippen LogP contribution in [0, 0.1) is 11.8 Å². The molecule has 1 aliphatic rings. The lowest BCUT2D eigenvalue weighted by molar-refractivity contribution is -0.142. The van der Waals surface area contributed by atoms with Crippen molar-refractivity contribution in [3.8, 4) is 0 Å². The summed E-state index contributed by atoms with van der Waals surface area (Å²) in [6, 6.07) is -10.1. The number of rotatable bonds is 31. The second-order valence-corrected chi connectivity index (χ2v) is 17.7. The maximum atomic E-state index is 14.2. The van der Waals surface area contributed by atoms with Crippen molar-refractivity contribution >= 4 is 70.9 Å². The first kappa shape index (κ1) is 61.4. The first-order valence-electron chi connectivity index (χ1n) is 23.8. The normalized spacial score (nSPS) is 17.4. The molecule has 0 aromatic rings. The fraction of sp³-hybridized carbons (Fsp3) is 0.727. The van der Waals surface area contributed by atoms with Crippen molar-refractivity contribution in [2.45, 2.75) is 174 Å². The van der Waals surface area contributed by atoms with Crippen molar-refractivity contribution in [2.75, 3.05) is 19.6 Å². The van der Waals surface area contributed by atoms with Gasteiger partial charge in [-0.15, -0.1) is 0 Å². The van der Waals surface area contributed by atoms with E-state index in [2.05, 4.69) is 47.5 Å². The van der Waals surface area contributed by atoms with Crippen LogP contribution in [0.3, 0.4) is 0 Å². The predicted octanol–water partition coefficient (Wildman–Crippen LogP) is -4.40. The molecule has 1 heterocycles. The number of aliphatic imine (C=N–C) groups is 1. The van der Waals surface area contributed by atoms with Crippen LogP contribution in [-0.2, 0) is 52.7 Å². The maximum absolute atomic E-state index is 14.2. The zero-order chi connectivity index (χ0) is 53.4. The predicted molar refractivity (Wildman–Crippen MR) is 256 cm³/mol. The van der Waals surface area contributed by atoms with E-state index in [9.17, 15) is 57.8 Å². The quantitative estimate of drug-likeness (QED) is 0.0177. The summed E-state index contributed by atoms with van der Waals surface area (Å²) < 4.78 is 0. The zero-order valence-electron chi connectivity index (χ0n) is 41.7. The fourth-order valence-corrected chi connectivity index (χ4v) is 7.29. The van der Waals surface area contributed by atoms with E-state index in [1.165, 1.54) is 25.7 Å². The molecule has 1 fully saturated rings. The van der Waals surface area contributed by atoms with E-state index in [1.807, 2.05) is 0 Å². The third-order valence-corrected chi connectivity index (χ3v) is 11.9. The summed E-state index contributed by atoms with van der Waals surface area (Å²) in [5.41, 5.74) is 21.6. The Labute approximate surface area is 408 Å². The Morgan fingerprint density at radius 3 is 1.66 bits per heavy atom. The molecule has 1 saturated heterocycles. The second-order valence-electron chi connectivity index (χ2n) is 17.7. The van der Waals surface area contributed by atoms with Crippen LogP contribution in [0.25, 0.3) is 0 Å². The van der Waals surface area contributed by atoms with Gasteiger partial charge >= 0.3 is 0 Å². The van der Waals surface area contributed by atoms with E-state index in [4.69, 9.17) is 22.9 Å². The number of primary amides is 2. The molecule has 26 heteroatoms. The molecule has 0 aromatic heterocycles. The van der Waals surface area contributed by atoms with Gasteiger partial charge in [-0.05, 0) is 64.2 Å². The minimum atomic E-state index is -1.68. The molecule has 396 valence electrons. The van der Waals surface area contributed by atoms with Crippen LogP contribution < -0.4 is 65.5 Å². The van der Waals surface area contributed by atoms with Crippen molar-refractivity contribution < 1.29 is 57.8 Å². The average Bonchev–Trinajstić information content (AvgIpc) is 3.79. The fourth-order valence-electron chi connectivity index (χ4n) is 7.29. The molecule has 0 aromatic carbocycles. The lowest BCUT2D eigenvalue weighted by atomic mass is 9.96. The van der Waals surface area contributed by atoms with Crippen LogP contribution in [0.4, 0.5) is 0 Å². The van der Waals surface area contributed by atoms with Gasteiger partial charge in [0.25, 0.3) is 0 Å². The highest BCUT2D eigenvalue weighted by Gasteiger charge is 2.40. The summed E-state index contributed by atoms with van der Waals surface area (Å²) in [6.45, 7) is 12.2. The Morgan fingerprint density at radius 1 is 0.657 bits per heavy atom. The second kappa shape index (κ2) is 30.8. The van der Waals surface area contributed by atoms with Crippen LogP contribution in [0.15, 0.2) is 4.99 Å². The number of hydrogen-bond acceptors (Lipinski definition) is 13. The van der Waals surface area contributed by atoms with Crippen LogP contribution >= 0.6 is 0 Å². The Kier molecular flexibility index (Phi) is 27.0. The number of guanidine groups is 1. The molecule has 1 rings (SSSR count). The number of amides is 11. The highest BCUT2D eigenvalue weighted by atomic mass is 16.3. The molecule has 11 atom stereocenters. The number of nitrogens with two attached hydrogens (primary N) is 4. The summed E-state index contributed by atoms with van der Waals surface area (Å²) >= 11 is 0. The summed E-state index contributed by atoms with van der Waals surface area (Å²) in [6.07, 6.45) is -0.0336. The SMILES string of the molecule is CCC[C@H](NC(=O)[C@@H](NC(=O)[C@H](NC(=O)[C@H](CCC(N)=O)NC(=O)CNC(C)=O)[C@H](C)CC)[C@@H](C)O)C(=O)N[C@H](C(=O)N[C@@H](CCCN=C(N)N)C(=O)N1CCC[C@H]1C(=O)N[C@H](C)C(N)=O)[C@@H](C)CC. The number of aliphatic hydroxyl groups is 1. The largest absolute Gasteiger partial charge is 0.391 e. The van der Waals surface area contributed by atoms with Gasteiger partial charge in [-0.2, -0.15) is 0 Å². The number of hydrogen-bond donors (Lipinski definition) is 13. The Balaban J connectivity index is 3.40. The van der Waals surface area contributed by atoms with Crippen molar-refractivity contribution in [2.24, 2.45) is 39.8 Å². The molecular formula is C44H78N14O12. The van der Waals surface area contributed by atoms with Gasteiger partial charge in [0.15, 0.2) is 5.96 Å². The molecule has 70 heavy (non-hydrogen) atoms. The van der Waals surface area contributed by atoms with Gasteiger partial charge in [0, 0.05) is 26.4 Å². The van der Waals surface area contributed by atoms with E-state index >= 15 is 0 Å². The van der Waals surface area contributed by atoms with Gasteiger partial charge in [0.2, 0.25) is 65.0 Å². The van der Waals surface area contributed by atoms with Crippen LogP contribution in [0.2, 0.25) is 0 Å². The lowest BCUT2D eigenvalue weighted by Crippen LogP contribution is -2.63. The summed E-state index contributed by atoms with van der Waals surface area (Å²) in [4.78, 5) is 149. The monoisotopic (exact) mass is 995 g/mol. The maximum Gasteiger partial charge on any atom is 0.245 e. The molecule has 0 bridgehead atoms. The Morgan fingerprint density at radius 2 is 1.17 bits per heavy atom. The Hall–Kier alpha value is -6.60. The third kappa shape index (κ3) is 21.0. The highest BCUT2D eigenvalue weighted by molar-refractivity contribution is 5.98. The summed E-state index contributed by atoms with van der Waals surface area (Å²) in [5, 5.41) is 31.0. The number of carbonyl (C=O) groups excluding carboxylic acids is 11. The number of nitrogens with zero attached hydrogens (tertiary/aromatic N) is 2. The van der Waals surface area contributed by atoms with Crippen molar-refractivity contribution in [3.63, 3.8) is 0 Å². The van der Waals surface area contributed by atoms with E-state index in [0.29, 0.717) is 25.7 Å². The molecular weight excluding hydrogens is 917 g/mol. The molecule has 11 amide bonds. The number of likely N-dealkylation sites (tertiary alicyclic amines) is 1. The van der Waals surface area contributed by atoms with Crippen LogP contribution in [0.1, 0.15) is 120 Å². The van der Waals surface area contributed by atoms with Gasteiger partial charge in [0.1, 0.15) is 48.3 Å². The van der Waals surface area contributed by atoms with Crippen LogP contribution in [0.5, 0.6) is 0 Å². The molecule has 0 unspecified atom stereocenters. The van der Waals surface area contributed by atoms with Gasteiger partial charge in [-0.3, -0.25) is 57.7 Å². The van der Waals surface area contributed by atoms with Gasteiger partial charge in [0.05, 0.1) is 12.6 Å².